The quantitative estimate of drug-likeness (QED) is 0.803. The van der Waals surface area contributed by atoms with E-state index in [0.29, 0.717) is 12.5 Å². The maximum atomic E-state index is 12.0. The zero-order valence-corrected chi connectivity index (χ0v) is 13.1. The molecule has 0 amide bonds. The highest BCUT2D eigenvalue weighted by atomic mass is 32.2. The minimum absolute atomic E-state index is 0.0202. The van der Waals surface area contributed by atoms with Crippen LogP contribution < -0.4 is 5.32 Å². The van der Waals surface area contributed by atoms with Gasteiger partial charge >= 0.3 is 0 Å². The highest BCUT2D eigenvalue weighted by Gasteiger charge is 2.31. The van der Waals surface area contributed by atoms with Gasteiger partial charge in [0.25, 0.3) is 0 Å². The minimum atomic E-state index is -2.97. The number of sulfone groups is 1. The van der Waals surface area contributed by atoms with Crippen LogP contribution in [-0.4, -0.2) is 32.0 Å². The van der Waals surface area contributed by atoms with Gasteiger partial charge in [0, 0.05) is 18.3 Å². The molecule has 1 atom stereocenters. The van der Waals surface area contributed by atoms with Crippen molar-refractivity contribution in [1.29, 1.82) is 0 Å². The molecule has 1 aliphatic carbocycles. The van der Waals surface area contributed by atoms with Gasteiger partial charge in [-0.3, -0.25) is 0 Å². The number of hydrogen-bond donors (Lipinski definition) is 1. The van der Waals surface area contributed by atoms with Gasteiger partial charge < -0.3 is 5.32 Å². The summed E-state index contributed by atoms with van der Waals surface area (Å²) in [6, 6.07) is 0. The molecule has 18 heavy (non-hydrogen) atoms. The lowest BCUT2D eigenvalue weighted by Crippen LogP contribution is -2.45. The third kappa shape index (κ3) is 5.70. The SMILES string of the molecule is CC(C)(C)NCC(C1CCCCCC1)S(C)(=O)=O. The first-order valence-electron chi connectivity index (χ1n) is 7.14. The first-order valence-corrected chi connectivity index (χ1v) is 9.09. The summed E-state index contributed by atoms with van der Waals surface area (Å²) in [5, 5.41) is 3.15. The normalized spacial score (nSPS) is 21.6. The summed E-state index contributed by atoms with van der Waals surface area (Å²) in [6.07, 6.45) is 8.44. The Hall–Kier alpha value is -0.0900. The molecule has 1 fully saturated rings. The van der Waals surface area contributed by atoms with Crippen LogP contribution in [0.3, 0.4) is 0 Å². The Kier molecular flexibility index (Phi) is 5.66. The fourth-order valence-electron chi connectivity index (χ4n) is 2.76. The van der Waals surface area contributed by atoms with Crippen molar-refractivity contribution < 1.29 is 8.42 Å². The van der Waals surface area contributed by atoms with E-state index in [4.69, 9.17) is 0 Å². The summed E-state index contributed by atoms with van der Waals surface area (Å²) in [5.41, 5.74) is -0.0202. The van der Waals surface area contributed by atoms with Crippen LogP contribution in [0.4, 0.5) is 0 Å². The molecule has 0 heterocycles. The Balaban J connectivity index is 2.71. The summed E-state index contributed by atoms with van der Waals surface area (Å²) >= 11 is 0. The summed E-state index contributed by atoms with van der Waals surface area (Å²) < 4.78 is 24.0. The van der Waals surface area contributed by atoms with E-state index in [0.717, 1.165) is 12.8 Å². The topological polar surface area (TPSA) is 46.2 Å². The molecule has 1 rings (SSSR count). The predicted octanol–water partition coefficient (Wildman–Crippen LogP) is 2.76. The summed E-state index contributed by atoms with van der Waals surface area (Å²) in [7, 11) is -2.97. The third-order valence-electron chi connectivity index (χ3n) is 3.81. The van der Waals surface area contributed by atoms with Gasteiger partial charge in [-0.25, -0.2) is 8.42 Å². The van der Waals surface area contributed by atoms with Gasteiger partial charge in [-0.15, -0.1) is 0 Å². The van der Waals surface area contributed by atoms with Crippen LogP contribution >= 0.6 is 0 Å². The Morgan fingerprint density at radius 2 is 1.61 bits per heavy atom. The standard InChI is InChI=1S/C14H29NO2S/c1-14(2,3)15-11-13(18(4,16)17)12-9-7-5-6-8-10-12/h12-13,15H,5-11H2,1-4H3. The van der Waals surface area contributed by atoms with Crippen molar-refractivity contribution >= 4 is 9.84 Å². The second-order valence-corrected chi connectivity index (χ2v) is 9.02. The maximum Gasteiger partial charge on any atom is 0.151 e. The van der Waals surface area contributed by atoms with Crippen molar-refractivity contribution in [2.75, 3.05) is 12.8 Å². The molecule has 1 aliphatic rings. The molecule has 0 radical (unpaired) electrons. The van der Waals surface area contributed by atoms with Gasteiger partial charge in [0.15, 0.2) is 9.84 Å². The fraction of sp³-hybridized carbons (Fsp3) is 1.00. The lowest BCUT2D eigenvalue weighted by Gasteiger charge is -2.29. The highest BCUT2D eigenvalue weighted by molar-refractivity contribution is 7.91. The number of rotatable bonds is 4. The number of hydrogen-bond acceptors (Lipinski definition) is 3. The molecule has 0 aromatic rings. The molecule has 0 spiro atoms. The Morgan fingerprint density at radius 3 is 2.00 bits per heavy atom. The molecular weight excluding hydrogens is 246 g/mol. The lowest BCUT2D eigenvalue weighted by atomic mass is 9.95. The first-order chi connectivity index (χ1) is 8.20. The van der Waals surface area contributed by atoms with E-state index < -0.39 is 9.84 Å². The Bertz CT molecular complexity index is 335. The Morgan fingerprint density at radius 1 is 1.11 bits per heavy atom. The lowest BCUT2D eigenvalue weighted by molar-refractivity contribution is 0.363. The van der Waals surface area contributed by atoms with Gasteiger partial charge in [0.1, 0.15) is 0 Å². The van der Waals surface area contributed by atoms with E-state index in [9.17, 15) is 8.42 Å². The van der Waals surface area contributed by atoms with E-state index in [1.165, 1.54) is 31.9 Å². The van der Waals surface area contributed by atoms with Crippen molar-refractivity contribution in [2.45, 2.75) is 70.1 Å². The van der Waals surface area contributed by atoms with Gasteiger partial charge in [0.05, 0.1) is 5.25 Å². The average Bonchev–Trinajstić information content (AvgIpc) is 2.42. The summed E-state index contributed by atoms with van der Waals surface area (Å²) in [5.74, 6) is 0.345. The summed E-state index contributed by atoms with van der Waals surface area (Å²) in [4.78, 5) is 0. The number of nitrogens with one attached hydrogen (secondary N) is 1. The molecule has 108 valence electrons. The van der Waals surface area contributed by atoms with Crippen LogP contribution in [0, 0.1) is 5.92 Å². The third-order valence-corrected chi connectivity index (χ3v) is 5.46. The second-order valence-electron chi connectivity index (χ2n) is 6.75. The molecule has 1 saturated carbocycles. The molecule has 0 aromatic heterocycles. The fourth-order valence-corrected chi connectivity index (χ4v) is 4.11. The maximum absolute atomic E-state index is 12.0. The van der Waals surface area contributed by atoms with Gasteiger partial charge in [-0.2, -0.15) is 0 Å². The van der Waals surface area contributed by atoms with Crippen molar-refractivity contribution in [3.05, 3.63) is 0 Å². The smallest absolute Gasteiger partial charge is 0.151 e. The van der Waals surface area contributed by atoms with Crippen molar-refractivity contribution in [3.63, 3.8) is 0 Å². The van der Waals surface area contributed by atoms with Crippen LogP contribution in [-0.2, 0) is 9.84 Å². The van der Waals surface area contributed by atoms with Crippen molar-refractivity contribution in [1.82, 2.24) is 5.32 Å². The van der Waals surface area contributed by atoms with E-state index >= 15 is 0 Å². The van der Waals surface area contributed by atoms with Gasteiger partial charge in [0.2, 0.25) is 0 Å². The van der Waals surface area contributed by atoms with E-state index in [-0.39, 0.29) is 10.8 Å². The van der Waals surface area contributed by atoms with Gasteiger partial charge in [-0.1, -0.05) is 25.7 Å². The van der Waals surface area contributed by atoms with Gasteiger partial charge in [-0.05, 0) is 39.5 Å². The van der Waals surface area contributed by atoms with E-state index in [2.05, 4.69) is 26.1 Å². The highest BCUT2D eigenvalue weighted by Crippen LogP contribution is 2.28. The predicted molar refractivity (Wildman–Crippen MR) is 77.6 cm³/mol. The largest absolute Gasteiger partial charge is 0.311 e. The van der Waals surface area contributed by atoms with Crippen LogP contribution in [0.2, 0.25) is 0 Å². The molecule has 3 nitrogen and oxygen atoms in total. The van der Waals surface area contributed by atoms with Crippen molar-refractivity contribution in [2.24, 2.45) is 5.92 Å². The zero-order valence-electron chi connectivity index (χ0n) is 12.3. The average molecular weight is 275 g/mol. The minimum Gasteiger partial charge on any atom is -0.311 e. The van der Waals surface area contributed by atoms with Crippen LogP contribution in [0.25, 0.3) is 0 Å². The van der Waals surface area contributed by atoms with Crippen LogP contribution in [0.15, 0.2) is 0 Å². The molecule has 1 N–H and O–H groups in total. The molecule has 0 aliphatic heterocycles. The molecule has 0 aromatic carbocycles. The second kappa shape index (κ2) is 6.38. The molecule has 0 bridgehead atoms. The molecular formula is C14H29NO2S. The van der Waals surface area contributed by atoms with E-state index in [1.54, 1.807) is 0 Å². The molecule has 0 saturated heterocycles. The monoisotopic (exact) mass is 275 g/mol. The molecule has 1 unspecified atom stereocenters. The summed E-state index contributed by atoms with van der Waals surface area (Å²) in [6.45, 7) is 6.84. The molecule has 4 heteroatoms. The van der Waals surface area contributed by atoms with Crippen LogP contribution in [0.1, 0.15) is 59.3 Å². The first kappa shape index (κ1) is 16.0. The zero-order chi connectivity index (χ0) is 13.8. The van der Waals surface area contributed by atoms with E-state index in [1.807, 2.05) is 0 Å². The Labute approximate surface area is 113 Å². The van der Waals surface area contributed by atoms with Crippen molar-refractivity contribution in [3.8, 4) is 0 Å². The van der Waals surface area contributed by atoms with Crippen LogP contribution in [0.5, 0.6) is 0 Å².